The Labute approximate surface area is 378 Å². The fourth-order valence-corrected chi connectivity index (χ4v) is 8.12. The summed E-state index contributed by atoms with van der Waals surface area (Å²) in [4.78, 5) is 13.5. The molecular formula is C49H98KNO2. The third-order valence-corrected chi connectivity index (χ3v) is 11.8. The number of hydrogen-bond acceptors (Lipinski definition) is 3. The quantitative estimate of drug-likeness (QED) is 0.0457. The van der Waals surface area contributed by atoms with Gasteiger partial charge in [0.25, 0.3) is 0 Å². The van der Waals surface area contributed by atoms with Gasteiger partial charge in [0.2, 0.25) is 0 Å². The van der Waals surface area contributed by atoms with Gasteiger partial charge in [-0.3, -0.25) is 0 Å². The Morgan fingerprint density at radius 3 is 0.660 bits per heavy atom. The fraction of sp³-hybridized carbons (Fsp3) is 0.980. The average Bonchev–Trinajstić information content (AvgIpc) is 3.14. The van der Waals surface area contributed by atoms with Crippen molar-refractivity contribution >= 4 is 5.97 Å². The molecule has 0 aliphatic rings. The van der Waals surface area contributed by atoms with Crippen molar-refractivity contribution in [2.45, 2.75) is 290 Å². The van der Waals surface area contributed by atoms with Gasteiger partial charge in [-0.2, -0.15) is 0 Å². The molecule has 0 aromatic rings. The molecule has 53 heavy (non-hydrogen) atoms. The first-order chi connectivity index (χ1) is 25.7. The first-order valence-corrected chi connectivity index (χ1v) is 24.6. The van der Waals surface area contributed by atoms with E-state index in [1.54, 1.807) is 0 Å². The number of carboxylic acids is 1. The topological polar surface area (TPSA) is 43.4 Å². The van der Waals surface area contributed by atoms with Crippen molar-refractivity contribution in [2.24, 2.45) is 0 Å². The Kier molecular flexibility index (Phi) is 54.1. The summed E-state index contributed by atoms with van der Waals surface area (Å²) in [6.07, 6.45) is 59.2. The van der Waals surface area contributed by atoms with E-state index in [0.717, 1.165) is 19.4 Å². The first-order valence-electron chi connectivity index (χ1n) is 24.6. The summed E-state index contributed by atoms with van der Waals surface area (Å²) < 4.78 is 0. The second-order valence-corrected chi connectivity index (χ2v) is 17.1. The summed E-state index contributed by atoms with van der Waals surface area (Å²) in [6, 6.07) is 0. The van der Waals surface area contributed by atoms with Crippen molar-refractivity contribution in [1.29, 1.82) is 0 Å². The molecule has 0 heterocycles. The van der Waals surface area contributed by atoms with Crippen molar-refractivity contribution in [3.63, 3.8) is 0 Å². The third-order valence-electron chi connectivity index (χ3n) is 11.8. The minimum atomic E-state index is -0.894. The normalized spacial score (nSPS) is 11.5. The van der Waals surface area contributed by atoms with E-state index < -0.39 is 5.97 Å². The standard InChI is InChI=1S/C49H99NO2.K/c1-3-5-7-9-11-13-15-17-19-21-23-25-27-29-31-33-35-37-39-42-46-50(48-44-41-45-49(51)52)47-43-40-38-36-34-32-30-28-26-24-22-20-18-16-14-12-10-8-6-4-2;/h3-48H2,1-2H3,(H,51,52);/q;+1/p-1. The Morgan fingerprint density at radius 2 is 0.472 bits per heavy atom. The number of carbonyl (C=O) groups excluding carboxylic acids is 1. The second-order valence-electron chi connectivity index (χ2n) is 17.1. The maximum absolute atomic E-state index is 10.9. The number of rotatable bonds is 47. The predicted molar refractivity (Wildman–Crippen MR) is 231 cm³/mol. The molecule has 0 aliphatic carbocycles. The van der Waals surface area contributed by atoms with Crippen LogP contribution in [-0.2, 0) is 4.79 Å². The van der Waals surface area contributed by atoms with Crippen LogP contribution in [-0.4, -0.2) is 30.5 Å². The van der Waals surface area contributed by atoms with Crippen molar-refractivity contribution in [3.8, 4) is 0 Å². The average molecular weight is 772 g/mol. The first kappa shape index (κ1) is 56.2. The Balaban J connectivity index is 0. The smallest absolute Gasteiger partial charge is 0.550 e. The van der Waals surface area contributed by atoms with Gasteiger partial charge in [-0.25, -0.2) is 0 Å². The molecule has 3 nitrogen and oxygen atoms in total. The maximum atomic E-state index is 10.9. The van der Waals surface area contributed by atoms with Crippen LogP contribution in [0.25, 0.3) is 0 Å². The SMILES string of the molecule is CCCCCCCCCCCCCCCCCCCCCCN(CCCCCCCCCCCCCCCCCCCCCC)CCCCC(=O)[O-].[K+]. The van der Waals surface area contributed by atoms with Gasteiger partial charge < -0.3 is 14.8 Å². The van der Waals surface area contributed by atoms with Crippen LogP contribution in [0.2, 0.25) is 0 Å². The van der Waals surface area contributed by atoms with E-state index in [0.29, 0.717) is 0 Å². The number of nitrogens with zero attached hydrogens (tertiary/aromatic N) is 1. The van der Waals surface area contributed by atoms with Crippen molar-refractivity contribution in [2.75, 3.05) is 19.6 Å². The molecule has 0 amide bonds. The monoisotopic (exact) mass is 772 g/mol. The van der Waals surface area contributed by atoms with Gasteiger partial charge in [-0.15, -0.1) is 0 Å². The van der Waals surface area contributed by atoms with E-state index in [2.05, 4.69) is 18.7 Å². The van der Waals surface area contributed by atoms with Gasteiger partial charge in [0.1, 0.15) is 0 Å². The summed E-state index contributed by atoms with van der Waals surface area (Å²) in [5.41, 5.74) is 0. The van der Waals surface area contributed by atoms with E-state index in [-0.39, 0.29) is 57.8 Å². The van der Waals surface area contributed by atoms with Gasteiger partial charge in [0, 0.05) is 5.97 Å². The molecule has 0 unspecified atom stereocenters. The number of unbranched alkanes of at least 4 members (excludes halogenated alkanes) is 39. The van der Waals surface area contributed by atoms with Crippen LogP contribution in [0.4, 0.5) is 0 Å². The van der Waals surface area contributed by atoms with Crippen molar-refractivity contribution in [1.82, 2.24) is 4.90 Å². The Morgan fingerprint density at radius 1 is 0.302 bits per heavy atom. The molecule has 0 atom stereocenters. The molecule has 0 aliphatic heterocycles. The minimum absolute atomic E-state index is 0. The molecule has 0 spiro atoms. The van der Waals surface area contributed by atoms with Gasteiger partial charge in [0.15, 0.2) is 0 Å². The number of aliphatic carboxylic acids is 1. The van der Waals surface area contributed by atoms with Crippen LogP contribution >= 0.6 is 0 Å². The third kappa shape index (κ3) is 51.0. The molecule has 312 valence electrons. The zero-order valence-corrected chi connectivity index (χ0v) is 40.4. The molecule has 0 saturated heterocycles. The summed E-state index contributed by atoms with van der Waals surface area (Å²) >= 11 is 0. The molecule has 0 rings (SSSR count). The van der Waals surface area contributed by atoms with Crippen LogP contribution in [0.5, 0.6) is 0 Å². The summed E-state index contributed by atoms with van der Waals surface area (Å²) in [5, 5.41) is 10.9. The number of carboxylic acid groups (broad SMARTS) is 1. The van der Waals surface area contributed by atoms with Crippen LogP contribution in [0.15, 0.2) is 0 Å². The molecule has 0 radical (unpaired) electrons. The largest absolute Gasteiger partial charge is 1.00 e. The minimum Gasteiger partial charge on any atom is -0.550 e. The van der Waals surface area contributed by atoms with Gasteiger partial charge in [-0.05, 0) is 51.7 Å². The van der Waals surface area contributed by atoms with Gasteiger partial charge >= 0.3 is 51.4 Å². The molecule has 0 N–H and O–H groups in total. The molecule has 0 bridgehead atoms. The molecule has 0 aromatic heterocycles. The Hall–Kier alpha value is 1.07. The van der Waals surface area contributed by atoms with Crippen LogP contribution in [0.3, 0.4) is 0 Å². The molecule has 0 saturated carbocycles. The summed E-state index contributed by atoms with van der Waals surface area (Å²) in [5.74, 6) is -0.894. The molecule has 4 heteroatoms. The predicted octanol–water partition coefficient (Wildman–Crippen LogP) is 12.9. The number of carbonyl (C=O) groups is 1. The summed E-state index contributed by atoms with van der Waals surface area (Å²) in [7, 11) is 0. The molecule has 0 fully saturated rings. The zero-order chi connectivity index (χ0) is 37.7. The van der Waals surface area contributed by atoms with E-state index in [4.69, 9.17) is 0 Å². The van der Waals surface area contributed by atoms with Crippen molar-refractivity contribution < 1.29 is 61.3 Å². The van der Waals surface area contributed by atoms with Gasteiger partial charge in [0.05, 0.1) is 0 Å². The second kappa shape index (κ2) is 51.1. The van der Waals surface area contributed by atoms with E-state index >= 15 is 0 Å². The zero-order valence-electron chi connectivity index (χ0n) is 37.3. The van der Waals surface area contributed by atoms with Crippen LogP contribution in [0.1, 0.15) is 290 Å². The van der Waals surface area contributed by atoms with Crippen LogP contribution in [0, 0.1) is 0 Å². The summed E-state index contributed by atoms with van der Waals surface area (Å²) in [6.45, 7) is 8.06. The van der Waals surface area contributed by atoms with E-state index in [1.165, 1.54) is 270 Å². The molecule has 0 aromatic carbocycles. The number of hydrogen-bond donors (Lipinski definition) is 0. The van der Waals surface area contributed by atoms with E-state index in [9.17, 15) is 9.90 Å². The Bertz CT molecular complexity index is 614. The molecular weight excluding hydrogens is 674 g/mol. The maximum Gasteiger partial charge on any atom is 1.00 e. The van der Waals surface area contributed by atoms with Gasteiger partial charge in [-0.1, -0.05) is 258 Å². The van der Waals surface area contributed by atoms with Crippen molar-refractivity contribution in [3.05, 3.63) is 0 Å². The van der Waals surface area contributed by atoms with Crippen LogP contribution < -0.4 is 56.5 Å². The fourth-order valence-electron chi connectivity index (χ4n) is 8.12. The van der Waals surface area contributed by atoms with E-state index in [1.807, 2.05) is 0 Å².